The van der Waals surface area contributed by atoms with Gasteiger partial charge >= 0.3 is 0 Å². The van der Waals surface area contributed by atoms with Crippen LogP contribution in [0.2, 0.25) is 0 Å². The molecule has 2 aromatic rings. The van der Waals surface area contributed by atoms with Crippen molar-refractivity contribution in [2.45, 2.75) is 62.4 Å². The van der Waals surface area contributed by atoms with E-state index in [2.05, 4.69) is 33.5 Å². The van der Waals surface area contributed by atoms with Crippen LogP contribution in [0.15, 0.2) is 47.4 Å². The highest BCUT2D eigenvalue weighted by Gasteiger charge is 2.54. The maximum absolute atomic E-state index is 15.0. The molecule has 1 atom stereocenters. The molecule has 1 N–H and O–H groups in total. The zero-order valence-corrected chi connectivity index (χ0v) is 21.4. The van der Waals surface area contributed by atoms with Crippen molar-refractivity contribution in [1.29, 1.82) is 0 Å². The predicted octanol–water partition coefficient (Wildman–Crippen LogP) is 6.61. The van der Waals surface area contributed by atoms with E-state index in [1.54, 1.807) is 18.0 Å². The van der Waals surface area contributed by atoms with Crippen LogP contribution in [0.25, 0.3) is 11.1 Å². The number of aliphatic hydroxyl groups is 1. The van der Waals surface area contributed by atoms with E-state index in [1.165, 1.54) is 43.4 Å². The van der Waals surface area contributed by atoms with Crippen LogP contribution >= 0.6 is 11.9 Å². The first-order valence-corrected chi connectivity index (χ1v) is 14.6. The second kappa shape index (κ2) is 8.78. The van der Waals surface area contributed by atoms with Gasteiger partial charge in [-0.15, -0.1) is 0 Å². The number of benzene rings is 2. The minimum absolute atomic E-state index is 0.124. The van der Waals surface area contributed by atoms with Gasteiger partial charge in [0.05, 0.1) is 11.8 Å². The molecular weight excluding hydrogens is 455 g/mol. The lowest BCUT2D eigenvalue weighted by atomic mass is 9.48. The lowest BCUT2D eigenvalue weighted by Gasteiger charge is -2.59. The van der Waals surface area contributed by atoms with Crippen LogP contribution in [0.3, 0.4) is 0 Å². The van der Waals surface area contributed by atoms with Gasteiger partial charge in [0.1, 0.15) is 5.82 Å². The second-order valence-corrected chi connectivity index (χ2v) is 13.4. The number of para-hydroxylation sites is 1. The number of aliphatic hydroxyl groups excluding tert-OH is 1. The molecule has 0 spiro atoms. The van der Waals surface area contributed by atoms with Gasteiger partial charge in [0.25, 0.3) is 0 Å². The predicted molar refractivity (Wildman–Crippen MR) is 141 cm³/mol. The highest BCUT2D eigenvalue weighted by atomic mass is 32.2. The summed E-state index contributed by atoms with van der Waals surface area (Å²) in [7, 11) is 0. The molecule has 186 valence electrons. The molecule has 2 heterocycles. The van der Waals surface area contributed by atoms with Gasteiger partial charge in [-0.05, 0) is 123 Å². The maximum Gasteiger partial charge on any atom is 0.147 e. The Bertz CT molecular complexity index is 1060. The van der Waals surface area contributed by atoms with E-state index in [9.17, 15) is 9.50 Å². The molecule has 4 aliphatic carbocycles. The first-order valence-electron chi connectivity index (χ1n) is 13.8. The number of nitrogens with zero attached hydrogens (tertiary/aromatic N) is 2. The number of fused-ring (bicyclic) bond motifs is 3. The summed E-state index contributed by atoms with van der Waals surface area (Å²) in [5.41, 5.74) is 3.10. The molecule has 4 bridgehead atoms. The minimum atomic E-state index is -0.164. The Morgan fingerprint density at radius 3 is 2.29 bits per heavy atom. The number of hydrogen-bond donors (Lipinski definition) is 1. The molecule has 2 aliphatic heterocycles. The summed E-state index contributed by atoms with van der Waals surface area (Å²) >= 11 is 1.69. The Morgan fingerprint density at radius 1 is 0.914 bits per heavy atom. The standard InChI is InChI=1S/C30H37FN2OS/c31-26-6-3-5-25-24-4-1-2-7-27(24)35-33(29(25)26)18-20-8-10-32(11-9-20)19-28(34)30-15-21-12-22(16-30)14-23(13-21)17-30/h1-7,20-23,28,34H,8-19H2/t21?,22?,23?,28-,30?/m0/s1. The molecule has 35 heavy (non-hydrogen) atoms. The van der Waals surface area contributed by atoms with Crippen molar-refractivity contribution in [3.63, 3.8) is 0 Å². The lowest BCUT2D eigenvalue weighted by Crippen LogP contribution is -2.55. The average molecular weight is 493 g/mol. The Hall–Kier alpha value is -1.56. The number of likely N-dealkylation sites (tertiary alicyclic amines) is 1. The van der Waals surface area contributed by atoms with E-state index in [1.807, 2.05) is 12.1 Å². The summed E-state index contributed by atoms with van der Waals surface area (Å²) < 4.78 is 17.2. The van der Waals surface area contributed by atoms with Crippen LogP contribution in [-0.2, 0) is 0 Å². The normalized spacial score (nSPS) is 33.0. The van der Waals surface area contributed by atoms with Crippen LogP contribution in [0.4, 0.5) is 10.1 Å². The molecule has 2 aromatic carbocycles. The van der Waals surface area contributed by atoms with Crippen molar-refractivity contribution in [3.8, 4) is 11.1 Å². The molecule has 0 aromatic heterocycles. The van der Waals surface area contributed by atoms with Gasteiger partial charge in [0.15, 0.2) is 0 Å². The van der Waals surface area contributed by atoms with E-state index in [4.69, 9.17) is 0 Å². The summed E-state index contributed by atoms with van der Waals surface area (Å²) in [5, 5.41) is 11.4. The van der Waals surface area contributed by atoms with Gasteiger partial charge in [-0.2, -0.15) is 0 Å². The molecule has 5 heteroatoms. The minimum Gasteiger partial charge on any atom is -0.391 e. The van der Waals surface area contributed by atoms with Crippen LogP contribution in [0.1, 0.15) is 51.4 Å². The number of piperidine rings is 1. The number of anilines is 1. The van der Waals surface area contributed by atoms with Gasteiger partial charge in [0.2, 0.25) is 0 Å². The molecule has 4 saturated carbocycles. The van der Waals surface area contributed by atoms with E-state index in [0.717, 1.165) is 73.6 Å². The van der Waals surface area contributed by atoms with Crippen LogP contribution in [-0.4, -0.2) is 42.3 Å². The van der Waals surface area contributed by atoms with Crippen molar-refractivity contribution < 1.29 is 9.50 Å². The molecule has 6 aliphatic rings. The SMILES string of the molecule is O[C@@H](CN1CCC(CN2Sc3ccccc3-c3cccc(F)c32)CC1)C12CC3CC(CC(C3)C1)C2. The van der Waals surface area contributed by atoms with Crippen molar-refractivity contribution in [2.24, 2.45) is 29.1 Å². The summed E-state index contributed by atoms with van der Waals surface area (Å²) in [6, 6.07) is 13.8. The monoisotopic (exact) mass is 492 g/mol. The van der Waals surface area contributed by atoms with E-state index in [-0.39, 0.29) is 17.3 Å². The van der Waals surface area contributed by atoms with Gasteiger partial charge in [-0.1, -0.05) is 30.3 Å². The molecule has 1 saturated heterocycles. The van der Waals surface area contributed by atoms with Crippen LogP contribution in [0, 0.1) is 34.9 Å². The third-order valence-electron chi connectivity index (χ3n) is 9.98. The van der Waals surface area contributed by atoms with Crippen LogP contribution in [0.5, 0.6) is 0 Å². The molecule has 0 radical (unpaired) electrons. The molecular formula is C30H37FN2OS. The molecule has 8 rings (SSSR count). The number of β-amino-alcohol motifs (C(OH)–C–C–N with tert-alkyl or cyclic N) is 1. The van der Waals surface area contributed by atoms with Gasteiger partial charge < -0.3 is 14.3 Å². The highest BCUT2D eigenvalue weighted by molar-refractivity contribution is 8.01. The number of halogens is 1. The van der Waals surface area contributed by atoms with Crippen molar-refractivity contribution in [2.75, 3.05) is 30.5 Å². The van der Waals surface area contributed by atoms with Crippen molar-refractivity contribution >= 4 is 17.6 Å². The lowest BCUT2D eigenvalue weighted by molar-refractivity contribution is -0.127. The smallest absolute Gasteiger partial charge is 0.147 e. The largest absolute Gasteiger partial charge is 0.391 e. The highest BCUT2D eigenvalue weighted by Crippen LogP contribution is 2.61. The fraction of sp³-hybridized carbons (Fsp3) is 0.600. The molecule has 3 nitrogen and oxygen atoms in total. The van der Waals surface area contributed by atoms with Crippen LogP contribution < -0.4 is 4.31 Å². The molecule has 5 fully saturated rings. The zero-order valence-electron chi connectivity index (χ0n) is 20.5. The second-order valence-electron chi connectivity index (χ2n) is 12.3. The Kier molecular flexibility index (Phi) is 5.67. The number of hydrogen-bond acceptors (Lipinski definition) is 4. The van der Waals surface area contributed by atoms with Crippen molar-refractivity contribution in [1.82, 2.24) is 4.90 Å². The third-order valence-corrected chi connectivity index (χ3v) is 11.1. The van der Waals surface area contributed by atoms with E-state index in [0.29, 0.717) is 5.92 Å². The average Bonchev–Trinajstić information content (AvgIpc) is 2.84. The summed E-state index contributed by atoms with van der Waals surface area (Å²) in [4.78, 5) is 3.73. The third kappa shape index (κ3) is 4.02. The van der Waals surface area contributed by atoms with Gasteiger partial charge in [0, 0.05) is 23.5 Å². The fourth-order valence-corrected chi connectivity index (χ4v) is 9.87. The molecule has 0 unspecified atom stereocenters. The summed E-state index contributed by atoms with van der Waals surface area (Å²) in [5.74, 6) is 3.08. The topological polar surface area (TPSA) is 26.7 Å². The van der Waals surface area contributed by atoms with Crippen molar-refractivity contribution in [3.05, 3.63) is 48.3 Å². The van der Waals surface area contributed by atoms with E-state index >= 15 is 0 Å². The summed E-state index contributed by atoms with van der Waals surface area (Å²) in [6.07, 6.45) is 10.2. The summed E-state index contributed by atoms with van der Waals surface area (Å²) in [6.45, 7) is 3.82. The Morgan fingerprint density at radius 2 is 1.57 bits per heavy atom. The quantitative estimate of drug-likeness (QED) is 0.475. The van der Waals surface area contributed by atoms with Gasteiger partial charge in [-0.3, -0.25) is 0 Å². The fourth-order valence-electron chi connectivity index (χ4n) is 8.66. The first-order chi connectivity index (χ1) is 17.1. The number of rotatable bonds is 5. The Labute approximate surface area is 213 Å². The molecule has 0 amide bonds. The first kappa shape index (κ1) is 22.6. The maximum atomic E-state index is 15.0. The Balaban J connectivity index is 0.994. The zero-order chi connectivity index (χ0) is 23.6. The van der Waals surface area contributed by atoms with E-state index < -0.39 is 0 Å². The van der Waals surface area contributed by atoms with Gasteiger partial charge in [-0.25, -0.2) is 4.39 Å².